The second-order valence-corrected chi connectivity index (χ2v) is 6.86. The molecule has 2 aromatic heterocycles. The van der Waals surface area contributed by atoms with Crippen molar-refractivity contribution in [2.45, 2.75) is 18.9 Å². The highest BCUT2D eigenvalue weighted by Crippen LogP contribution is 2.40. The van der Waals surface area contributed by atoms with Gasteiger partial charge in [-0.05, 0) is 41.8 Å². The van der Waals surface area contributed by atoms with Crippen molar-refractivity contribution in [3.63, 3.8) is 0 Å². The summed E-state index contributed by atoms with van der Waals surface area (Å²) in [6.45, 7) is 2.01. The van der Waals surface area contributed by atoms with Gasteiger partial charge in [-0.25, -0.2) is 9.98 Å². The minimum Gasteiger partial charge on any atom is -0.369 e. The van der Waals surface area contributed by atoms with Crippen LogP contribution in [0.4, 0.5) is 4.39 Å². The number of guanidine groups is 1. The third kappa shape index (κ3) is 2.95. The van der Waals surface area contributed by atoms with Gasteiger partial charge in [0.15, 0.2) is 11.5 Å². The Labute approximate surface area is 167 Å². The molecule has 0 saturated heterocycles. The van der Waals surface area contributed by atoms with Gasteiger partial charge in [-0.3, -0.25) is 14.7 Å². The summed E-state index contributed by atoms with van der Waals surface area (Å²) >= 11 is 0. The van der Waals surface area contributed by atoms with Gasteiger partial charge in [0.25, 0.3) is 5.91 Å². The summed E-state index contributed by atoms with van der Waals surface area (Å²) in [6, 6.07) is 14.1. The Kier molecular flexibility index (Phi) is 4.58. The summed E-state index contributed by atoms with van der Waals surface area (Å²) in [6.07, 6.45) is 3.83. The zero-order valence-corrected chi connectivity index (χ0v) is 16.1. The number of aryl methyl sites for hydroxylation is 1. The molecule has 0 aliphatic carbocycles. The number of aliphatic imine (C=N–C) groups is 1. The third-order valence-electron chi connectivity index (χ3n) is 5.20. The minimum absolute atomic E-state index is 0.118. The molecule has 1 aromatic carbocycles. The fraction of sp³-hybridized carbons (Fsp3) is 0.182. The molecule has 6 nitrogen and oxygen atoms in total. The van der Waals surface area contributed by atoms with Crippen molar-refractivity contribution in [3.8, 4) is 11.1 Å². The monoisotopic (exact) mass is 389 g/mol. The molecule has 0 spiro atoms. The van der Waals surface area contributed by atoms with E-state index in [0.29, 0.717) is 22.3 Å². The lowest BCUT2D eigenvalue weighted by Crippen LogP contribution is -2.41. The number of nitrogens with two attached hydrogens (primary N) is 1. The summed E-state index contributed by atoms with van der Waals surface area (Å²) in [5.74, 6) is -0.747. The van der Waals surface area contributed by atoms with E-state index in [1.165, 1.54) is 11.1 Å². The Balaban J connectivity index is 1.93. The second kappa shape index (κ2) is 7.09. The first-order valence-electron chi connectivity index (χ1n) is 9.27. The summed E-state index contributed by atoms with van der Waals surface area (Å²) < 4.78 is 14.2. The first kappa shape index (κ1) is 18.7. The molecule has 1 amide bonds. The maximum atomic E-state index is 14.2. The van der Waals surface area contributed by atoms with Gasteiger partial charge in [-0.15, -0.1) is 0 Å². The van der Waals surface area contributed by atoms with Crippen molar-refractivity contribution in [2.24, 2.45) is 10.7 Å². The molecule has 0 radical (unpaired) electrons. The second-order valence-electron chi connectivity index (χ2n) is 6.86. The van der Waals surface area contributed by atoms with Crippen LogP contribution in [0.15, 0.2) is 65.9 Å². The topological polar surface area (TPSA) is 84.5 Å². The summed E-state index contributed by atoms with van der Waals surface area (Å²) in [4.78, 5) is 27.4. The van der Waals surface area contributed by atoms with E-state index >= 15 is 0 Å². The van der Waals surface area contributed by atoms with Crippen molar-refractivity contribution in [1.82, 2.24) is 14.9 Å². The lowest BCUT2D eigenvalue weighted by atomic mass is 9.82. The Morgan fingerprint density at radius 1 is 1.10 bits per heavy atom. The Hall–Kier alpha value is -3.61. The number of rotatable bonds is 4. The van der Waals surface area contributed by atoms with E-state index in [4.69, 9.17) is 5.73 Å². The quantitative estimate of drug-likeness (QED) is 0.696. The predicted octanol–water partition coefficient (Wildman–Crippen LogP) is 2.88. The minimum atomic E-state index is -1.37. The Morgan fingerprint density at radius 2 is 1.93 bits per heavy atom. The average molecular weight is 389 g/mol. The van der Waals surface area contributed by atoms with Crippen LogP contribution in [0, 0.1) is 5.95 Å². The zero-order chi connectivity index (χ0) is 20.6. The van der Waals surface area contributed by atoms with Gasteiger partial charge >= 0.3 is 0 Å². The zero-order valence-electron chi connectivity index (χ0n) is 16.1. The average Bonchev–Trinajstić information content (AvgIpc) is 2.99. The highest BCUT2D eigenvalue weighted by molar-refractivity contribution is 6.09. The molecule has 3 aromatic rings. The molecular formula is C22H20FN5O. The van der Waals surface area contributed by atoms with Gasteiger partial charge in [0.2, 0.25) is 5.95 Å². The van der Waals surface area contributed by atoms with Crippen LogP contribution in [0.25, 0.3) is 11.1 Å². The number of aromatic nitrogens is 2. The van der Waals surface area contributed by atoms with E-state index in [1.54, 1.807) is 49.6 Å². The molecule has 0 bridgehead atoms. The molecule has 3 heterocycles. The van der Waals surface area contributed by atoms with Crippen LogP contribution in [0.3, 0.4) is 0 Å². The SMILES string of the molecule is CCc1ccc(C2(c3cccc(-c4cccnc4F)c3)N=C(N)N(C)C2=O)cn1. The largest absolute Gasteiger partial charge is 0.369 e. The molecule has 4 rings (SSSR count). The van der Waals surface area contributed by atoms with E-state index < -0.39 is 11.5 Å². The number of nitrogens with zero attached hydrogens (tertiary/aromatic N) is 4. The molecule has 1 aliphatic rings. The Bertz CT molecular complexity index is 1110. The van der Waals surface area contributed by atoms with Gasteiger partial charge in [0.05, 0.1) is 0 Å². The van der Waals surface area contributed by atoms with Crippen LogP contribution in [-0.2, 0) is 16.8 Å². The van der Waals surface area contributed by atoms with Crippen molar-refractivity contribution in [2.75, 3.05) is 7.05 Å². The van der Waals surface area contributed by atoms with Gasteiger partial charge in [-0.1, -0.05) is 31.2 Å². The normalized spacial score (nSPS) is 18.8. The lowest BCUT2D eigenvalue weighted by molar-refractivity contribution is -0.129. The molecule has 1 aliphatic heterocycles. The predicted molar refractivity (Wildman–Crippen MR) is 108 cm³/mol. The Morgan fingerprint density at radius 3 is 2.55 bits per heavy atom. The van der Waals surface area contributed by atoms with E-state index in [-0.39, 0.29) is 11.9 Å². The first-order chi connectivity index (χ1) is 14.0. The lowest BCUT2D eigenvalue weighted by Gasteiger charge is -2.26. The number of pyridine rings is 2. The summed E-state index contributed by atoms with van der Waals surface area (Å²) in [5, 5.41) is 0. The van der Waals surface area contributed by atoms with Crippen LogP contribution in [0.5, 0.6) is 0 Å². The number of hydrogen-bond acceptors (Lipinski definition) is 5. The maximum absolute atomic E-state index is 14.2. The number of benzene rings is 1. The highest BCUT2D eigenvalue weighted by atomic mass is 19.1. The van der Waals surface area contributed by atoms with E-state index in [9.17, 15) is 9.18 Å². The number of halogens is 1. The van der Waals surface area contributed by atoms with E-state index in [1.807, 2.05) is 19.1 Å². The van der Waals surface area contributed by atoms with Crippen LogP contribution in [-0.4, -0.2) is 33.8 Å². The van der Waals surface area contributed by atoms with Crippen molar-refractivity contribution in [3.05, 3.63) is 83.7 Å². The van der Waals surface area contributed by atoms with Crippen LogP contribution >= 0.6 is 0 Å². The number of carbonyl (C=O) groups is 1. The van der Waals surface area contributed by atoms with E-state index in [2.05, 4.69) is 15.0 Å². The van der Waals surface area contributed by atoms with Crippen LogP contribution in [0.1, 0.15) is 23.7 Å². The molecule has 0 saturated carbocycles. The molecule has 0 fully saturated rings. The third-order valence-corrected chi connectivity index (χ3v) is 5.20. The van der Waals surface area contributed by atoms with Crippen LogP contribution < -0.4 is 5.73 Å². The van der Waals surface area contributed by atoms with Gasteiger partial charge in [0, 0.05) is 36.3 Å². The number of hydrogen-bond donors (Lipinski definition) is 1. The van der Waals surface area contributed by atoms with Gasteiger partial charge in [-0.2, -0.15) is 4.39 Å². The molecule has 2 N–H and O–H groups in total. The van der Waals surface area contributed by atoms with E-state index in [0.717, 1.165) is 12.1 Å². The first-order valence-corrected chi connectivity index (χ1v) is 9.27. The fourth-order valence-electron chi connectivity index (χ4n) is 3.54. The highest BCUT2D eigenvalue weighted by Gasteiger charge is 2.49. The number of likely N-dealkylation sites (N-methyl/N-ethyl adjacent to an activating group) is 1. The summed E-state index contributed by atoms with van der Waals surface area (Å²) in [7, 11) is 1.58. The standard InChI is InChI=1S/C22H20FN5O/c1-3-17-10-9-16(13-26-17)22(20(29)28(2)21(24)27-22)15-7-4-6-14(12-15)18-8-5-11-25-19(18)23/h4-13H,3H2,1-2H3,(H2,24,27). The summed E-state index contributed by atoms with van der Waals surface area (Å²) in [5.41, 5.74) is 7.69. The number of amides is 1. The molecule has 1 atom stereocenters. The van der Waals surface area contributed by atoms with Gasteiger partial charge in [0.1, 0.15) is 0 Å². The van der Waals surface area contributed by atoms with Crippen molar-refractivity contribution in [1.29, 1.82) is 0 Å². The van der Waals surface area contributed by atoms with Crippen LogP contribution in [0.2, 0.25) is 0 Å². The number of carbonyl (C=O) groups excluding carboxylic acids is 1. The molecule has 146 valence electrons. The molecule has 29 heavy (non-hydrogen) atoms. The van der Waals surface area contributed by atoms with Crippen molar-refractivity contribution < 1.29 is 9.18 Å². The fourth-order valence-corrected chi connectivity index (χ4v) is 3.54. The van der Waals surface area contributed by atoms with Crippen molar-refractivity contribution >= 4 is 11.9 Å². The molecular weight excluding hydrogens is 369 g/mol. The molecule has 7 heteroatoms. The van der Waals surface area contributed by atoms with Gasteiger partial charge < -0.3 is 5.73 Å². The molecule has 1 unspecified atom stereocenters. The maximum Gasteiger partial charge on any atom is 0.266 e. The smallest absolute Gasteiger partial charge is 0.266 e.